The number of aromatic nitrogens is 2. The van der Waals surface area contributed by atoms with Gasteiger partial charge in [0.25, 0.3) is 0 Å². The number of amides is 1. The van der Waals surface area contributed by atoms with Gasteiger partial charge in [0.15, 0.2) is 0 Å². The van der Waals surface area contributed by atoms with Crippen LogP contribution in [0.5, 0.6) is 0 Å². The molecule has 7 nitrogen and oxygen atoms in total. The summed E-state index contributed by atoms with van der Waals surface area (Å²) in [5, 5.41) is 7.48. The summed E-state index contributed by atoms with van der Waals surface area (Å²) in [4.78, 5) is 12.8. The van der Waals surface area contributed by atoms with Crippen molar-refractivity contribution in [3.63, 3.8) is 0 Å². The fraction of sp³-hybridized carbons (Fsp3) is 0.444. The minimum atomic E-state index is -0.427. The molecule has 1 aliphatic heterocycles. The number of aryl methyl sites for hydroxylation is 1. The standard InChI is InChI=1S/C18H26N6O/c1-18(2,3)11-13-10-14(24(4)22-13)19-17(25)16-15(20-23-21-16)12-8-6-5-7-9-12/h5-10,15-16,20-21,23H,11H2,1-4H3,(H,19,25). The fourth-order valence-electron chi connectivity index (χ4n) is 2.99. The second kappa shape index (κ2) is 6.95. The Kier molecular flexibility index (Phi) is 4.89. The number of nitrogens with zero attached hydrogens (tertiary/aromatic N) is 2. The fourth-order valence-corrected chi connectivity index (χ4v) is 2.99. The second-order valence-electron chi connectivity index (χ2n) is 7.65. The second-order valence-corrected chi connectivity index (χ2v) is 7.65. The summed E-state index contributed by atoms with van der Waals surface area (Å²) in [6.07, 6.45) is 0.855. The van der Waals surface area contributed by atoms with Crippen LogP contribution in [0.3, 0.4) is 0 Å². The Morgan fingerprint density at radius 1 is 1.24 bits per heavy atom. The number of benzene rings is 1. The van der Waals surface area contributed by atoms with E-state index in [4.69, 9.17) is 0 Å². The van der Waals surface area contributed by atoms with Crippen molar-refractivity contribution in [2.45, 2.75) is 39.3 Å². The highest BCUT2D eigenvalue weighted by Gasteiger charge is 2.34. The largest absolute Gasteiger partial charge is 0.309 e. The number of carbonyl (C=O) groups is 1. The molecule has 0 radical (unpaired) electrons. The van der Waals surface area contributed by atoms with Gasteiger partial charge < -0.3 is 5.32 Å². The van der Waals surface area contributed by atoms with Crippen LogP contribution in [0.15, 0.2) is 36.4 Å². The number of rotatable bonds is 4. The molecule has 0 bridgehead atoms. The lowest BCUT2D eigenvalue weighted by Gasteiger charge is -2.17. The van der Waals surface area contributed by atoms with Gasteiger partial charge in [-0.05, 0) is 17.4 Å². The van der Waals surface area contributed by atoms with Crippen LogP contribution in [-0.4, -0.2) is 21.7 Å². The highest BCUT2D eigenvalue weighted by Crippen LogP contribution is 2.23. The third-order valence-electron chi connectivity index (χ3n) is 4.12. The van der Waals surface area contributed by atoms with Crippen LogP contribution in [-0.2, 0) is 18.3 Å². The van der Waals surface area contributed by atoms with Crippen LogP contribution in [0, 0.1) is 5.41 Å². The summed E-state index contributed by atoms with van der Waals surface area (Å²) in [6.45, 7) is 6.51. The number of hydrogen-bond acceptors (Lipinski definition) is 5. The van der Waals surface area contributed by atoms with Crippen molar-refractivity contribution < 1.29 is 4.79 Å². The zero-order chi connectivity index (χ0) is 18.0. The first-order chi connectivity index (χ1) is 11.8. The zero-order valence-electron chi connectivity index (χ0n) is 15.1. The van der Waals surface area contributed by atoms with Gasteiger partial charge in [-0.2, -0.15) is 10.6 Å². The van der Waals surface area contributed by atoms with Gasteiger partial charge in [-0.15, -0.1) is 0 Å². The monoisotopic (exact) mass is 342 g/mol. The van der Waals surface area contributed by atoms with Crippen LogP contribution in [0.2, 0.25) is 0 Å². The van der Waals surface area contributed by atoms with E-state index < -0.39 is 6.04 Å². The first-order valence-electron chi connectivity index (χ1n) is 8.48. The molecule has 1 amide bonds. The molecule has 1 fully saturated rings. The van der Waals surface area contributed by atoms with E-state index in [9.17, 15) is 4.79 Å². The van der Waals surface area contributed by atoms with Crippen molar-refractivity contribution >= 4 is 11.7 Å². The van der Waals surface area contributed by atoms with E-state index in [0.717, 1.165) is 17.7 Å². The van der Waals surface area contributed by atoms with Gasteiger partial charge >= 0.3 is 0 Å². The lowest BCUT2D eigenvalue weighted by Crippen LogP contribution is -2.42. The number of hydrazine groups is 2. The third-order valence-corrected chi connectivity index (χ3v) is 4.12. The van der Waals surface area contributed by atoms with Gasteiger partial charge in [0.05, 0.1) is 11.7 Å². The van der Waals surface area contributed by atoms with Crippen LogP contribution < -0.4 is 21.7 Å². The van der Waals surface area contributed by atoms with Gasteiger partial charge in [-0.3, -0.25) is 9.48 Å². The van der Waals surface area contributed by atoms with Crippen molar-refractivity contribution in [3.8, 4) is 0 Å². The highest BCUT2D eigenvalue weighted by molar-refractivity contribution is 5.95. The van der Waals surface area contributed by atoms with Crippen molar-refractivity contribution in [1.82, 2.24) is 26.2 Å². The predicted octanol–water partition coefficient (Wildman–Crippen LogP) is 1.67. The first-order valence-corrected chi connectivity index (χ1v) is 8.48. The molecule has 0 saturated carbocycles. The van der Waals surface area contributed by atoms with Gasteiger partial charge in [0.2, 0.25) is 5.91 Å². The van der Waals surface area contributed by atoms with Crippen LogP contribution in [0.4, 0.5) is 5.82 Å². The van der Waals surface area contributed by atoms with Crippen LogP contribution in [0.1, 0.15) is 38.1 Å². The topological polar surface area (TPSA) is 83.0 Å². The molecule has 7 heteroatoms. The van der Waals surface area contributed by atoms with Gasteiger partial charge in [0, 0.05) is 13.1 Å². The SMILES string of the molecule is Cn1nc(CC(C)(C)C)cc1NC(=O)C1NNNC1c1ccccc1. The van der Waals surface area contributed by atoms with Gasteiger partial charge in [-0.25, -0.2) is 10.9 Å². The molecule has 0 aliphatic carbocycles. The summed E-state index contributed by atoms with van der Waals surface area (Å²) in [5.41, 5.74) is 11.1. The molecule has 1 aromatic carbocycles. The molecule has 4 N–H and O–H groups in total. The summed E-state index contributed by atoms with van der Waals surface area (Å²) in [7, 11) is 1.84. The van der Waals surface area contributed by atoms with Crippen molar-refractivity contribution in [2.75, 3.05) is 5.32 Å². The Bertz CT molecular complexity index is 734. The quantitative estimate of drug-likeness (QED) is 0.679. The van der Waals surface area contributed by atoms with Crippen LogP contribution in [0.25, 0.3) is 0 Å². The molecule has 25 heavy (non-hydrogen) atoms. The lowest BCUT2D eigenvalue weighted by molar-refractivity contribution is -0.118. The summed E-state index contributed by atoms with van der Waals surface area (Å²) < 4.78 is 1.71. The average Bonchev–Trinajstić information content (AvgIpc) is 3.14. The molecular formula is C18H26N6O. The third kappa shape index (κ3) is 4.25. The maximum Gasteiger partial charge on any atom is 0.246 e. The molecule has 2 atom stereocenters. The maximum absolute atomic E-state index is 12.8. The molecule has 1 saturated heterocycles. The average molecular weight is 342 g/mol. The summed E-state index contributed by atoms with van der Waals surface area (Å²) in [6, 6.07) is 11.2. The van der Waals surface area contributed by atoms with Crippen molar-refractivity contribution in [2.24, 2.45) is 12.5 Å². The Labute approximate surface area is 148 Å². The van der Waals surface area contributed by atoms with Crippen LogP contribution >= 0.6 is 0 Å². The molecular weight excluding hydrogens is 316 g/mol. The Morgan fingerprint density at radius 2 is 1.96 bits per heavy atom. The molecule has 2 aromatic rings. The predicted molar refractivity (Wildman–Crippen MR) is 97.4 cm³/mol. The zero-order valence-corrected chi connectivity index (χ0v) is 15.1. The number of carbonyl (C=O) groups excluding carboxylic acids is 1. The molecule has 2 heterocycles. The Morgan fingerprint density at radius 3 is 2.64 bits per heavy atom. The minimum Gasteiger partial charge on any atom is -0.309 e. The Hall–Kier alpha value is -2.22. The summed E-state index contributed by atoms with van der Waals surface area (Å²) >= 11 is 0. The van der Waals surface area contributed by atoms with Crippen molar-refractivity contribution in [1.29, 1.82) is 0 Å². The molecule has 1 aromatic heterocycles. The maximum atomic E-state index is 12.8. The molecule has 1 aliphatic rings. The number of anilines is 1. The van der Waals surface area contributed by atoms with Crippen molar-refractivity contribution in [3.05, 3.63) is 47.7 Å². The molecule has 3 rings (SSSR count). The lowest BCUT2D eigenvalue weighted by atomic mass is 9.91. The molecule has 134 valence electrons. The van der Waals surface area contributed by atoms with E-state index in [1.54, 1.807) is 4.68 Å². The number of nitrogens with one attached hydrogen (secondary N) is 4. The smallest absolute Gasteiger partial charge is 0.246 e. The van der Waals surface area contributed by atoms with E-state index in [2.05, 4.69) is 47.6 Å². The van der Waals surface area contributed by atoms with E-state index in [-0.39, 0.29) is 17.4 Å². The highest BCUT2D eigenvalue weighted by atomic mass is 16.2. The van der Waals surface area contributed by atoms with Gasteiger partial charge in [0.1, 0.15) is 11.9 Å². The molecule has 2 unspecified atom stereocenters. The number of hydrogen-bond donors (Lipinski definition) is 4. The van der Waals surface area contributed by atoms with E-state index in [0.29, 0.717) is 5.82 Å². The Balaban J connectivity index is 1.72. The van der Waals surface area contributed by atoms with E-state index in [1.807, 2.05) is 43.4 Å². The molecule has 0 spiro atoms. The first kappa shape index (κ1) is 17.6. The van der Waals surface area contributed by atoms with E-state index >= 15 is 0 Å². The van der Waals surface area contributed by atoms with Gasteiger partial charge in [-0.1, -0.05) is 51.1 Å². The normalized spacial score (nSPS) is 20.6. The summed E-state index contributed by atoms with van der Waals surface area (Å²) in [5.74, 6) is 0.585. The minimum absolute atomic E-state index is 0.114. The van der Waals surface area contributed by atoms with E-state index in [1.165, 1.54) is 0 Å².